The molecule has 3 nitrogen and oxygen atoms in total. The number of morpholine rings is 1. The number of nitrogens with one attached hydrogen (secondary N) is 1. The van der Waals surface area contributed by atoms with Crippen molar-refractivity contribution in [3.63, 3.8) is 0 Å². The first kappa shape index (κ1) is 8.26. The van der Waals surface area contributed by atoms with E-state index in [-0.39, 0.29) is 18.6 Å². The maximum absolute atomic E-state index is 11.0. The highest BCUT2D eigenvalue weighted by Crippen LogP contribution is 2.14. The van der Waals surface area contributed by atoms with Crippen LogP contribution in [0.3, 0.4) is 0 Å². The second-order valence-electron chi connectivity index (χ2n) is 3.05. The zero-order valence-electron chi connectivity index (χ0n) is 7.19. The molecule has 0 aliphatic carbocycles. The molecule has 1 aromatic rings. The van der Waals surface area contributed by atoms with E-state index in [4.69, 9.17) is 4.74 Å². The van der Waals surface area contributed by atoms with Crippen molar-refractivity contribution in [2.45, 2.75) is 6.04 Å². The average Bonchev–Trinajstić information content (AvgIpc) is 2.19. The van der Waals surface area contributed by atoms with Crippen LogP contribution in [-0.4, -0.2) is 19.1 Å². The normalized spacial score (nSPS) is 22.5. The molecule has 0 spiro atoms. The van der Waals surface area contributed by atoms with Crippen molar-refractivity contribution in [3.8, 4) is 0 Å². The molecule has 1 N–H and O–H groups in total. The summed E-state index contributed by atoms with van der Waals surface area (Å²) in [6.07, 6.45) is 0. The summed E-state index contributed by atoms with van der Waals surface area (Å²) in [5.41, 5.74) is 1.09. The lowest BCUT2D eigenvalue weighted by Crippen LogP contribution is -2.39. The SMILES string of the molecule is O=C1COC[C@H](c2ccccc2)N1. The Hall–Kier alpha value is -1.35. The third kappa shape index (κ3) is 1.87. The van der Waals surface area contributed by atoms with Crippen molar-refractivity contribution in [1.82, 2.24) is 5.32 Å². The van der Waals surface area contributed by atoms with Crippen LogP contribution in [0.4, 0.5) is 0 Å². The van der Waals surface area contributed by atoms with Crippen LogP contribution >= 0.6 is 0 Å². The Morgan fingerprint density at radius 1 is 1.31 bits per heavy atom. The lowest BCUT2D eigenvalue weighted by molar-refractivity contribution is -0.131. The van der Waals surface area contributed by atoms with Gasteiger partial charge < -0.3 is 10.1 Å². The number of ether oxygens (including phenoxy) is 1. The summed E-state index contributed by atoms with van der Waals surface area (Å²) < 4.78 is 5.14. The minimum Gasteiger partial charge on any atom is -0.369 e. The van der Waals surface area contributed by atoms with E-state index >= 15 is 0 Å². The highest BCUT2D eigenvalue weighted by molar-refractivity contribution is 5.78. The third-order valence-corrected chi connectivity index (χ3v) is 2.05. The van der Waals surface area contributed by atoms with Crippen molar-refractivity contribution in [1.29, 1.82) is 0 Å². The molecule has 0 unspecified atom stereocenters. The molecule has 1 amide bonds. The van der Waals surface area contributed by atoms with Crippen molar-refractivity contribution < 1.29 is 9.53 Å². The highest BCUT2D eigenvalue weighted by atomic mass is 16.5. The summed E-state index contributed by atoms with van der Waals surface area (Å²) in [4.78, 5) is 11.0. The van der Waals surface area contributed by atoms with Gasteiger partial charge in [0.25, 0.3) is 0 Å². The van der Waals surface area contributed by atoms with E-state index in [2.05, 4.69) is 5.32 Å². The van der Waals surface area contributed by atoms with Gasteiger partial charge in [-0.15, -0.1) is 0 Å². The first-order valence-corrected chi connectivity index (χ1v) is 4.28. The van der Waals surface area contributed by atoms with Gasteiger partial charge in [0.2, 0.25) is 5.91 Å². The Labute approximate surface area is 76.7 Å². The molecular formula is C10H11NO2. The van der Waals surface area contributed by atoms with Gasteiger partial charge in [-0.1, -0.05) is 30.3 Å². The Balaban J connectivity index is 2.13. The zero-order chi connectivity index (χ0) is 9.10. The van der Waals surface area contributed by atoms with E-state index < -0.39 is 0 Å². The summed E-state index contributed by atoms with van der Waals surface area (Å²) in [6.45, 7) is 0.749. The molecule has 1 aromatic carbocycles. The van der Waals surface area contributed by atoms with Crippen LogP contribution in [0.25, 0.3) is 0 Å². The fraction of sp³-hybridized carbons (Fsp3) is 0.300. The molecule has 0 bridgehead atoms. The maximum atomic E-state index is 11.0. The number of amides is 1. The molecule has 1 aliphatic heterocycles. The number of hydrogen-bond donors (Lipinski definition) is 1. The molecule has 1 heterocycles. The second-order valence-corrected chi connectivity index (χ2v) is 3.05. The van der Waals surface area contributed by atoms with Gasteiger partial charge in [-0.25, -0.2) is 0 Å². The van der Waals surface area contributed by atoms with Gasteiger partial charge in [-0.05, 0) is 5.56 Å². The minimum absolute atomic E-state index is 0.0162. The molecule has 3 heteroatoms. The number of carbonyl (C=O) groups excluding carboxylic acids is 1. The van der Waals surface area contributed by atoms with Crippen LogP contribution in [0.15, 0.2) is 30.3 Å². The van der Waals surface area contributed by atoms with Crippen LogP contribution in [0.5, 0.6) is 0 Å². The third-order valence-electron chi connectivity index (χ3n) is 2.05. The van der Waals surface area contributed by atoms with Gasteiger partial charge in [0.1, 0.15) is 6.61 Å². The smallest absolute Gasteiger partial charge is 0.246 e. The molecule has 68 valence electrons. The van der Waals surface area contributed by atoms with Crippen molar-refractivity contribution in [2.24, 2.45) is 0 Å². The summed E-state index contributed by atoms with van der Waals surface area (Å²) in [6, 6.07) is 9.85. The summed E-state index contributed by atoms with van der Waals surface area (Å²) >= 11 is 0. The summed E-state index contributed by atoms with van der Waals surface area (Å²) in [5, 5.41) is 2.87. The molecule has 1 fully saturated rings. The first-order chi connectivity index (χ1) is 6.36. The number of carbonyl (C=O) groups is 1. The van der Waals surface area contributed by atoms with Crippen molar-refractivity contribution in [2.75, 3.05) is 13.2 Å². The Morgan fingerprint density at radius 3 is 2.77 bits per heavy atom. The van der Waals surface area contributed by atoms with E-state index in [9.17, 15) is 4.79 Å². The predicted octanol–water partition coefficient (Wildman–Crippen LogP) is 0.874. The van der Waals surface area contributed by atoms with Gasteiger partial charge in [-0.2, -0.15) is 0 Å². The Morgan fingerprint density at radius 2 is 2.08 bits per heavy atom. The summed E-state index contributed by atoms with van der Waals surface area (Å²) in [7, 11) is 0. The van der Waals surface area contributed by atoms with E-state index in [0.717, 1.165) is 5.56 Å². The molecule has 0 aromatic heterocycles. The molecule has 0 radical (unpaired) electrons. The van der Waals surface area contributed by atoms with Crippen LogP contribution in [0.1, 0.15) is 11.6 Å². The fourth-order valence-electron chi connectivity index (χ4n) is 1.41. The topological polar surface area (TPSA) is 38.3 Å². The van der Waals surface area contributed by atoms with Gasteiger partial charge in [0.05, 0.1) is 12.6 Å². The monoisotopic (exact) mass is 177 g/mol. The quantitative estimate of drug-likeness (QED) is 0.691. The number of rotatable bonds is 1. The molecule has 2 rings (SSSR count). The van der Waals surface area contributed by atoms with Crippen LogP contribution in [0.2, 0.25) is 0 Å². The molecule has 13 heavy (non-hydrogen) atoms. The van der Waals surface area contributed by atoms with Gasteiger partial charge >= 0.3 is 0 Å². The predicted molar refractivity (Wildman–Crippen MR) is 48.1 cm³/mol. The van der Waals surface area contributed by atoms with E-state index in [0.29, 0.717) is 6.61 Å². The molecule has 0 saturated carbocycles. The van der Waals surface area contributed by atoms with Crippen LogP contribution < -0.4 is 5.32 Å². The van der Waals surface area contributed by atoms with E-state index in [1.807, 2.05) is 30.3 Å². The fourth-order valence-corrected chi connectivity index (χ4v) is 1.41. The molecule has 1 saturated heterocycles. The van der Waals surface area contributed by atoms with Crippen LogP contribution in [-0.2, 0) is 9.53 Å². The molecule has 1 atom stereocenters. The number of hydrogen-bond acceptors (Lipinski definition) is 2. The van der Waals surface area contributed by atoms with Gasteiger partial charge in [0.15, 0.2) is 0 Å². The van der Waals surface area contributed by atoms with Crippen LogP contribution in [0, 0.1) is 0 Å². The summed E-state index contributed by atoms with van der Waals surface area (Å²) in [5.74, 6) is -0.0416. The van der Waals surface area contributed by atoms with E-state index in [1.54, 1.807) is 0 Å². The standard InChI is InChI=1S/C10H11NO2/c12-10-7-13-6-9(11-10)8-4-2-1-3-5-8/h1-5,9H,6-7H2,(H,11,12)/t9-/m1/s1. The lowest BCUT2D eigenvalue weighted by Gasteiger charge is -2.23. The first-order valence-electron chi connectivity index (χ1n) is 4.28. The Kier molecular flexibility index (Phi) is 2.27. The van der Waals surface area contributed by atoms with Crippen molar-refractivity contribution in [3.05, 3.63) is 35.9 Å². The largest absolute Gasteiger partial charge is 0.369 e. The minimum atomic E-state index is -0.0416. The maximum Gasteiger partial charge on any atom is 0.246 e. The zero-order valence-corrected chi connectivity index (χ0v) is 7.19. The van der Waals surface area contributed by atoms with Gasteiger partial charge in [0, 0.05) is 0 Å². The number of benzene rings is 1. The Bertz CT molecular complexity index is 297. The average molecular weight is 177 g/mol. The lowest BCUT2D eigenvalue weighted by atomic mass is 10.1. The van der Waals surface area contributed by atoms with Gasteiger partial charge in [-0.3, -0.25) is 4.79 Å². The molecular weight excluding hydrogens is 166 g/mol. The molecule has 1 aliphatic rings. The van der Waals surface area contributed by atoms with E-state index in [1.165, 1.54) is 0 Å². The highest BCUT2D eigenvalue weighted by Gasteiger charge is 2.19. The van der Waals surface area contributed by atoms with Crippen molar-refractivity contribution >= 4 is 5.91 Å². The second kappa shape index (κ2) is 3.58.